The number of hydrogen-bond donors (Lipinski definition) is 2. The minimum absolute atomic E-state index is 0.116. The predicted octanol–water partition coefficient (Wildman–Crippen LogP) is 2.84. The fourth-order valence-corrected chi connectivity index (χ4v) is 2.05. The molecule has 4 nitrogen and oxygen atoms in total. The molecular formula is C15H21N3O. The Labute approximate surface area is 113 Å². The second-order valence-electron chi connectivity index (χ2n) is 6.05. The van der Waals surface area contributed by atoms with Gasteiger partial charge in [-0.2, -0.15) is 0 Å². The Morgan fingerprint density at radius 3 is 2.74 bits per heavy atom. The lowest BCUT2D eigenvalue weighted by Gasteiger charge is -2.22. The molecule has 2 aromatic rings. The molecule has 1 aromatic heterocycles. The number of anilines is 1. The minimum atomic E-state index is -0.393. The number of aliphatic hydroxyl groups excluding tert-OH is 1. The number of benzene rings is 1. The second-order valence-corrected chi connectivity index (χ2v) is 6.05. The first-order valence-corrected chi connectivity index (χ1v) is 6.58. The molecule has 0 saturated heterocycles. The number of aliphatic hydroxyl groups is 1. The van der Waals surface area contributed by atoms with E-state index >= 15 is 0 Å². The first-order valence-electron chi connectivity index (χ1n) is 6.58. The van der Waals surface area contributed by atoms with Crippen molar-refractivity contribution < 1.29 is 5.11 Å². The summed E-state index contributed by atoms with van der Waals surface area (Å²) in [6.07, 6.45) is 2.14. The molecule has 1 aromatic carbocycles. The summed E-state index contributed by atoms with van der Waals surface area (Å²) in [5.41, 5.74) is 1.02. The third-order valence-corrected chi connectivity index (χ3v) is 2.83. The highest BCUT2D eigenvalue weighted by Crippen LogP contribution is 2.20. The van der Waals surface area contributed by atoms with Crippen LogP contribution in [0, 0.1) is 5.41 Å². The lowest BCUT2D eigenvalue weighted by Crippen LogP contribution is -2.25. The molecule has 0 saturated carbocycles. The van der Waals surface area contributed by atoms with E-state index in [9.17, 15) is 5.11 Å². The maximum atomic E-state index is 9.94. The summed E-state index contributed by atoms with van der Waals surface area (Å²) in [4.78, 5) is 8.65. The molecule has 2 rings (SSSR count). The summed E-state index contributed by atoms with van der Waals surface area (Å²) in [6, 6.07) is 7.85. The third kappa shape index (κ3) is 4.17. The van der Waals surface area contributed by atoms with E-state index in [1.165, 1.54) is 0 Å². The fourth-order valence-electron chi connectivity index (χ4n) is 2.05. The lowest BCUT2D eigenvalue weighted by molar-refractivity contribution is 0.132. The molecule has 0 aliphatic rings. The Balaban J connectivity index is 1.98. The average Bonchev–Trinajstić information content (AvgIpc) is 2.34. The number of nitrogens with one attached hydrogen (secondary N) is 1. The molecule has 4 heteroatoms. The summed E-state index contributed by atoms with van der Waals surface area (Å²) in [5, 5.41) is 14.0. The van der Waals surface area contributed by atoms with Gasteiger partial charge in [0.25, 0.3) is 0 Å². The number of fused-ring (bicyclic) bond motifs is 1. The molecule has 1 heterocycles. The summed E-state index contributed by atoms with van der Waals surface area (Å²) in [5.74, 6) is 0.562. The van der Waals surface area contributed by atoms with Crippen molar-refractivity contribution in [3.63, 3.8) is 0 Å². The van der Waals surface area contributed by atoms with Crippen LogP contribution in [0.25, 0.3) is 10.9 Å². The molecule has 1 unspecified atom stereocenters. The molecule has 0 bridgehead atoms. The van der Waals surface area contributed by atoms with Crippen molar-refractivity contribution in [2.45, 2.75) is 33.3 Å². The van der Waals surface area contributed by atoms with Gasteiger partial charge in [0.05, 0.1) is 11.6 Å². The monoisotopic (exact) mass is 259 g/mol. The molecule has 0 spiro atoms. The van der Waals surface area contributed by atoms with E-state index in [4.69, 9.17) is 0 Å². The Morgan fingerprint density at radius 1 is 1.26 bits per heavy atom. The van der Waals surface area contributed by atoms with Gasteiger partial charge < -0.3 is 10.4 Å². The summed E-state index contributed by atoms with van der Waals surface area (Å²) in [7, 11) is 0. The maximum absolute atomic E-state index is 9.94. The van der Waals surface area contributed by atoms with Crippen LogP contribution in [0.2, 0.25) is 0 Å². The van der Waals surface area contributed by atoms with Crippen molar-refractivity contribution in [3.8, 4) is 0 Å². The van der Waals surface area contributed by atoms with Crippen LogP contribution in [0.5, 0.6) is 0 Å². The van der Waals surface area contributed by atoms with Gasteiger partial charge in [-0.25, -0.2) is 9.97 Å². The maximum Gasteiger partial charge on any atom is 0.223 e. The van der Waals surface area contributed by atoms with Gasteiger partial charge in [-0.05, 0) is 17.9 Å². The first-order chi connectivity index (χ1) is 8.94. The van der Waals surface area contributed by atoms with Gasteiger partial charge in [0.1, 0.15) is 0 Å². The number of hydrogen-bond acceptors (Lipinski definition) is 4. The summed E-state index contributed by atoms with van der Waals surface area (Å²) in [6.45, 7) is 6.81. The zero-order chi connectivity index (χ0) is 13.9. The normalized spacial score (nSPS) is 13.5. The highest BCUT2D eigenvalue weighted by molar-refractivity contribution is 5.78. The fraction of sp³-hybridized carbons (Fsp3) is 0.467. The Kier molecular flexibility index (Phi) is 4.00. The van der Waals surface area contributed by atoms with Gasteiger partial charge in [-0.1, -0.05) is 39.0 Å². The van der Waals surface area contributed by atoms with Gasteiger partial charge in [0, 0.05) is 18.1 Å². The first kappa shape index (κ1) is 13.7. The zero-order valence-corrected chi connectivity index (χ0v) is 11.7. The van der Waals surface area contributed by atoms with Crippen LogP contribution in [0.3, 0.4) is 0 Å². The molecule has 1 atom stereocenters. The number of aromatic nitrogens is 2. The molecule has 0 radical (unpaired) electrons. The third-order valence-electron chi connectivity index (χ3n) is 2.83. The van der Waals surface area contributed by atoms with Crippen LogP contribution in [0.15, 0.2) is 30.5 Å². The van der Waals surface area contributed by atoms with Crippen LogP contribution < -0.4 is 5.32 Å². The van der Waals surface area contributed by atoms with E-state index in [1.54, 1.807) is 6.20 Å². The van der Waals surface area contributed by atoms with Gasteiger partial charge in [0.15, 0.2) is 0 Å². The summed E-state index contributed by atoms with van der Waals surface area (Å²) < 4.78 is 0. The average molecular weight is 259 g/mol. The standard InChI is InChI=1S/C15H21N3O/c1-15(2,3)8-12(19)10-17-14-16-9-11-6-4-5-7-13(11)18-14/h4-7,9,12,19H,8,10H2,1-3H3,(H,16,17,18). The van der Waals surface area contributed by atoms with E-state index in [0.29, 0.717) is 12.5 Å². The van der Waals surface area contributed by atoms with Crippen LogP contribution in [0.1, 0.15) is 27.2 Å². The predicted molar refractivity (Wildman–Crippen MR) is 78.1 cm³/mol. The van der Waals surface area contributed by atoms with Crippen LogP contribution in [0.4, 0.5) is 5.95 Å². The molecule has 0 aliphatic carbocycles. The Morgan fingerprint density at radius 2 is 2.00 bits per heavy atom. The molecule has 102 valence electrons. The highest BCUT2D eigenvalue weighted by Gasteiger charge is 2.16. The zero-order valence-electron chi connectivity index (χ0n) is 11.7. The number of rotatable bonds is 4. The SMILES string of the molecule is CC(C)(C)CC(O)CNc1ncc2ccccc2n1. The van der Waals surface area contributed by atoms with Gasteiger partial charge in [-0.15, -0.1) is 0 Å². The molecule has 0 amide bonds. The van der Waals surface area contributed by atoms with Crippen molar-refractivity contribution >= 4 is 16.9 Å². The van der Waals surface area contributed by atoms with E-state index in [0.717, 1.165) is 17.3 Å². The van der Waals surface area contributed by atoms with E-state index in [-0.39, 0.29) is 5.41 Å². The minimum Gasteiger partial charge on any atom is -0.391 e. The van der Waals surface area contributed by atoms with Crippen molar-refractivity contribution in [3.05, 3.63) is 30.5 Å². The van der Waals surface area contributed by atoms with Crippen molar-refractivity contribution in [1.29, 1.82) is 0 Å². The lowest BCUT2D eigenvalue weighted by atomic mass is 9.89. The van der Waals surface area contributed by atoms with Gasteiger partial charge in [-0.3, -0.25) is 0 Å². The van der Waals surface area contributed by atoms with E-state index in [2.05, 4.69) is 36.1 Å². The van der Waals surface area contributed by atoms with E-state index in [1.807, 2.05) is 24.3 Å². The molecule has 0 fully saturated rings. The van der Waals surface area contributed by atoms with Crippen molar-refractivity contribution in [2.75, 3.05) is 11.9 Å². The van der Waals surface area contributed by atoms with Crippen LogP contribution in [-0.4, -0.2) is 27.7 Å². The topological polar surface area (TPSA) is 58.0 Å². The molecule has 0 aliphatic heterocycles. The van der Waals surface area contributed by atoms with Crippen molar-refractivity contribution in [2.24, 2.45) is 5.41 Å². The van der Waals surface area contributed by atoms with Crippen molar-refractivity contribution in [1.82, 2.24) is 9.97 Å². The van der Waals surface area contributed by atoms with Gasteiger partial charge >= 0.3 is 0 Å². The highest BCUT2D eigenvalue weighted by atomic mass is 16.3. The largest absolute Gasteiger partial charge is 0.391 e. The summed E-state index contributed by atoms with van der Waals surface area (Å²) >= 11 is 0. The number of para-hydroxylation sites is 1. The van der Waals surface area contributed by atoms with E-state index < -0.39 is 6.10 Å². The molecule has 19 heavy (non-hydrogen) atoms. The van der Waals surface area contributed by atoms with Crippen LogP contribution >= 0.6 is 0 Å². The quantitative estimate of drug-likeness (QED) is 0.886. The number of nitrogens with zero attached hydrogens (tertiary/aromatic N) is 2. The van der Waals surface area contributed by atoms with Gasteiger partial charge in [0.2, 0.25) is 5.95 Å². The molecule has 2 N–H and O–H groups in total. The Hall–Kier alpha value is -1.68. The second kappa shape index (κ2) is 5.53. The smallest absolute Gasteiger partial charge is 0.223 e. The molecular weight excluding hydrogens is 238 g/mol. The van der Waals surface area contributed by atoms with Crippen LogP contribution in [-0.2, 0) is 0 Å². The Bertz CT molecular complexity index is 548.